The molecule has 3 rings (SSSR count). The molecule has 0 unspecified atom stereocenters. The molecular formula is C20H30N4S. The topological polar surface area (TPSA) is 44.0 Å². The molecule has 0 atom stereocenters. The van der Waals surface area contributed by atoms with Crippen LogP contribution in [0.25, 0.3) is 11.0 Å². The minimum atomic E-state index is 0.574. The van der Waals surface area contributed by atoms with Gasteiger partial charge in [0.05, 0.1) is 11.0 Å². The zero-order valence-corrected chi connectivity index (χ0v) is 16.2. The van der Waals surface area contributed by atoms with Gasteiger partial charge in [0, 0.05) is 25.6 Å². The van der Waals surface area contributed by atoms with Gasteiger partial charge in [0.15, 0.2) is 5.11 Å². The highest BCUT2D eigenvalue weighted by Gasteiger charge is 2.23. The number of thiocarbonyl (C=S) groups is 1. The molecule has 1 saturated carbocycles. The maximum absolute atomic E-state index is 5.74. The largest absolute Gasteiger partial charge is 0.362 e. The number of aromatic amines is 1. The minimum Gasteiger partial charge on any atom is -0.362 e. The molecule has 2 aromatic rings. The molecule has 0 radical (unpaired) electrons. The molecule has 1 aliphatic rings. The molecule has 4 nitrogen and oxygen atoms in total. The predicted molar refractivity (Wildman–Crippen MR) is 109 cm³/mol. The van der Waals surface area contributed by atoms with E-state index >= 15 is 0 Å². The number of hydrogen-bond donors (Lipinski definition) is 2. The Morgan fingerprint density at radius 1 is 1.28 bits per heavy atom. The average Bonchev–Trinajstić information content (AvgIpc) is 3.04. The first-order chi connectivity index (χ1) is 12.1. The first kappa shape index (κ1) is 18.2. The van der Waals surface area contributed by atoms with E-state index in [0.29, 0.717) is 12.0 Å². The summed E-state index contributed by atoms with van der Waals surface area (Å²) in [5.41, 5.74) is 2.16. The second-order valence-corrected chi connectivity index (χ2v) is 7.90. The summed E-state index contributed by atoms with van der Waals surface area (Å²) in [6.07, 6.45) is 7.40. The molecule has 25 heavy (non-hydrogen) atoms. The fraction of sp³-hybridized carbons (Fsp3) is 0.600. The quantitative estimate of drug-likeness (QED) is 0.757. The number of aromatic nitrogens is 2. The van der Waals surface area contributed by atoms with Gasteiger partial charge in [-0.05, 0) is 43.1 Å². The molecule has 5 heteroatoms. The van der Waals surface area contributed by atoms with E-state index in [-0.39, 0.29) is 0 Å². The van der Waals surface area contributed by atoms with Crippen molar-refractivity contribution in [2.75, 3.05) is 13.1 Å². The van der Waals surface area contributed by atoms with Crippen molar-refractivity contribution >= 4 is 28.4 Å². The van der Waals surface area contributed by atoms with Gasteiger partial charge in [-0.25, -0.2) is 4.98 Å². The molecule has 1 fully saturated rings. The van der Waals surface area contributed by atoms with Crippen LogP contribution in [0.4, 0.5) is 0 Å². The van der Waals surface area contributed by atoms with Crippen molar-refractivity contribution in [2.24, 2.45) is 5.92 Å². The molecule has 1 aromatic heterocycles. The number of benzene rings is 1. The Morgan fingerprint density at radius 2 is 2.04 bits per heavy atom. The van der Waals surface area contributed by atoms with Crippen LogP contribution in [0.2, 0.25) is 0 Å². The number of para-hydroxylation sites is 2. The summed E-state index contributed by atoms with van der Waals surface area (Å²) in [5.74, 6) is 1.65. The van der Waals surface area contributed by atoms with Crippen LogP contribution >= 0.6 is 12.2 Å². The van der Waals surface area contributed by atoms with E-state index in [0.717, 1.165) is 41.5 Å². The summed E-state index contributed by atoms with van der Waals surface area (Å²) in [6.45, 7) is 6.30. The van der Waals surface area contributed by atoms with E-state index in [9.17, 15) is 0 Å². The average molecular weight is 359 g/mol. The maximum atomic E-state index is 5.74. The Bertz CT molecular complexity index is 655. The first-order valence-corrected chi connectivity index (χ1v) is 10.0. The van der Waals surface area contributed by atoms with Crippen molar-refractivity contribution in [3.05, 3.63) is 30.1 Å². The Kier molecular flexibility index (Phi) is 6.29. The fourth-order valence-corrected chi connectivity index (χ4v) is 3.91. The normalized spacial score (nSPS) is 15.6. The van der Waals surface area contributed by atoms with Crippen LogP contribution in [0.1, 0.15) is 51.8 Å². The smallest absolute Gasteiger partial charge is 0.169 e. The molecule has 0 bridgehead atoms. The van der Waals surface area contributed by atoms with E-state index in [1.807, 2.05) is 12.1 Å². The van der Waals surface area contributed by atoms with Gasteiger partial charge in [0.25, 0.3) is 0 Å². The van der Waals surface area contributed by atoms with Gasteiger partial charge in [-0.15, -0.1) is 0 Å². The van der Waals surface area contributed by atoms with E-state index in [4.69, 9.17) is 17.2 Å². The lowest BCUT2D eigenvalue weighted by Crippen LogP contribution is -2.48. The summed E-state index contributed by atoms with van der Waals surface area (Å²) in [5, 5.41) is 4.38. The van der Waals surface area contributed by atoms with Gasteiger partial charge < -0.3 is 15.2 Å². The highest BCUT2D eigenvalue weighted by molar-refractivity contribution is 7.80. The molecular weight excluding hydrogens is 328 g/mol. The monoisotopic (exact) mass is 358 g/mol. The zero-order valence-electron chi connectivity index (χ0n) is 15.4. The van der Waals surface area contributed by atoms with Gasteiger partial charge in [0.2, 0.25) is 0 Å². The van der Waals surface area contributed by atoms with E-state index in [2.05, 4.69) is 41.2 Å². The fourth-order valence-electron chi connectivity index (χ4n) is 3.59. The van der Waals surface area contributed by atoms with Gasteiger partial charge >= 0.3 is 0 Å². The number of H-pyrrole nitrogens is 1. The van der Waals surface area contributed by atoms with Crippen LogP contribution in [0.15, 0.2) is 24.3 Å². The van der Waals surface area contributed by atoms with Crippen molar-refractivity contribution in [2.45, 2.75) is 58.4 Å². The second-order valence-electron chi connectivity index (χ2n) is 7.52. The van der Waals surface area contributed by atoms with Crippen molar-refractivity contribution < 1.29 is 0 Å². The molecule has 0 aliphatic heterocycles. The van der Waals surface area contributed by atoms with E-state index in [1.165, 1.54) is 32.1 Å². The molecule has 1 aliphatic carbocycles. The van der Waals surface area contributed by atoms with Crippen LogP contribution in [0.5, 0.6) is 0 Å². The van der Waals surface area contributed by atoms with Crippen molar-refractivity contribution in [1.29, 1.82) is 0 Å². The molecule has 1 aromatic carbocycles. The molecule has 0 spiro atoms. The predicted octanol–water partition coefficient (Wildman–Crippen LogP) is 4.27. The first-order valence-electron chi connectivity index (χ1n) is 9.61. The number of rotatable bonds is 6. The summed E-state index contributed by atoms with van der Waals surface area (Å²) in [4.78, 5) is 10.6. The van der Waals surface area contributed by atoms with E-state index in [1.54, 1.807) is 0 Å². The van der Waals surface area contributed by atoms with Crippen LogP contribution in [-0.4, -0.2) is 39.1 Å². The zero-order chi connectivity index (χ0) is 17.6. The lowest BCUT2D eigenvalue weighted by Gasteiger charge is -2.36. The number of hydrogen-bond acceptors (Lipinski definition) is 2. The van der Waals surface area contributed by atoms with Crippen LogP contribution in [0.3, 0.4) is 0 Å². The molecule has 1 heterocycles. The van der Waals surface area contributed by atoms with Gasteiger partial charge in [0.1, 0.15) is 5.82 Å². The third kappa shape index (κ3) is 4.94. The molecule has 2 N–H and O–H groups in total. The van der Waals surface area contributed by atoms with Crippen molar-refractivity contribution in [3.8, 4) is 0 Å². The van der Waals surface area contributed by atoms with Gasteiger partial charge in [-0.3, -0.25) is 0 Å². The van der Waals surface area contributed by atoms with Crippen LogP contribution in [0, 0.1) is 5.92 Å². The Labute approximate surface area is 156 Å². The summed E-state index contributed by atoms with van der Waals surface area (Å²) in [6, 6.07) is 8.80. The van der Waals surface area contributed by atoms with Crippen molar-refractivity contribution in [1.82, 2.24) is 20.2 Å². The maximum Gasteiger partial charge on any atom is 0.169 e. The minimum absolute atomic E-state index is 0.574. The van der Waals surface area contributed by atoms with Gasteiger partial charge in [-0.2, -0.15) is 0 Å². The Balaban J connectivity index is 1.66. The third-order valence-corrected chi connectivity index (χ3v) is 5.34. The number of nitrogens with one attached hydrogen (secondary N) is 2. The lowest BCUT2D eigenvalue weighted by molar-refractivity contribution is 0.241. The third-order valence-electron chi connectivity index (χ3n) is 4.97. The molecule has 136 valence electrons. The van der Waals surface area contributed by atoms with Crippen LogP contribution < -0.4 is 5.32 Å². The highest BCUT2D eigenvalue weighted by Crippen LogP contribution is 2.23. The van der Waals surface area contributed by atoms with Gasteiger partial charge in [-0.1, -0.05) is 45.2 Å². The van der Waals surface area contributed by atoms with E-state index < -0.39 is 0 Å². The summed E-state index contributed by atoms with van der Waals surface area (Å²) >= 11 is 5.74. The number of nitrogens with zero attached hydrogens (tertiary/aromatic N) is 2. The SMILES string of the molecule is CC(C)CNC(=S)N(CCc1nc2ccccc2[nH]1)C1CCCCC1. The molecule has 0 saturated heterocycles. The second kappa shape index (κ2) is 8.65. The molecule has 0 amide bonds. The lowest BCUT2D eigenvalue weighted by atomic mass is 9.94. The summed E-state index contributed by atoms with van der Waals surface area (Å²) in [7, 11) is 0. The van der Waals surface area contributed by atoms with Crippen LogP contribution in [-0.2, 0) is 6.42 Å². The Morgan fingerprint density at radius 3 is 2.76 bits per heavy atom. The number of imidazole rings is 1. The standard InChI is InChI=1S/C20H30N4S/c1-15(2)14-21-20(25)24(16-8-4-3-5-9-16)13-12-19-22-17-10-6-7-11-18(17)23-19/h6-7,10-11,15-16H,3-5,8-9,12-14H2,1-2H3,(H,21,25)(H,22,23). The summed E-state index contributed by atoms with van der Waals surface area (Å²) < 4.78 is 0. The Hall–Kier alpha value is -1.62. The number of fused-ring (bicyclic) bond motifs is 1. The highest BCUT2D eigenvalue weighted by atomic mass is 32.1. The van der Waals surface area contributed by atoms with Crippen molar-refractivity contribution in [3.63, 3.8) is 0 Å².